The van der Waals surface area contributed by atoms with Crippen LogP contribution in [-0.2, 0) is 16.1 Å². The van der Waals surface area contributed by atoms with Gasteiger partial charge in [-0.15, -0.1) is 0 Å². The van der Waals surface area contributed by atoms with Crippen LogP contribution in [0.15, 0.2) is 115 Å². The second-order valence-electron chi connectivity index (χ2n) is 11.7. The maximum absolute atomic E-state index is 14.1. The third-order valence-corrected chi connectivity index (χ3v) is 8.48. The van der Waals surface area contributed by atoms with Gasteiger partial charge in [0.2, 0.25) is 0 Å². The van der Waals surface area contributed by atoms with Crippen LogP contribution in [0, 0.1) is 0 Å². The molecular formula is C41H43ClN2O3. The zero-order valence-electron chi connectivity index (χ0n) is 27.1. The molecule has 0 bridgehead atoms. The van der Waals surface area contributed by atoms with Crippen LogP contribution in [-0.4, -0.2) is 29.2 Å². The lowest BCUT2D eigenvalue weighted by atomic mass is 9.89. The van der Waals surface area contributed by atoms with Gasteiger partial charge < -0.3 is 9.47 Å². The van der Waals surface area contributed by atoms with E-state index in [1.54, 1.807) is 6.07 Å². The Morgan fingerprint density at radius 3 is 1.98 bits per heavy atom. The molecule has 4 aromatic carbocycles. The number of unbranched alkanes of at least 4 members (excludes halogenated alkanes) is 5. The first-order valence-electron chi connectivity index (χ1n) is 16.7. The van der Waals surface area contributed by atoms with Crippen molar-refractivity contribution in [2.75, 3.05) is 13.2 Å². The van der Waals surface area contributed by atoms with Gasteiger partial charge in [0.15, 0.2) is 5.82 Å². The molecule has 0 aliphatic rings. The highest BCUT2D eigenvalue weighted by atomic mass is 35.5. The molecule has 0 atom stereocenters. The first-order chi connectivity index (χ1) is 23.1. The van der Waals surface area contributed by atoms with Gasteiger partial charge in [0.05, 0.1) is 24.6 Å². The Kier molecular flexibility index (Phi) is 13.1. The third kappa shape index (κ3) is 9.84. The standard InChI is InChI=1S/C41H43ClN2O3/c1-2-3-4-5-6-16-27-46-30-37-38(39(34-24-17-25-35(42)29-34)44-40(43-37)33-22-14-9-15-23-33)41(45)47-28-26-36(31-18-10-7-11-19-31)32-20-12-8-13-21-32/h7-15,17-25,29,36H,2-6,16,26-28,30H2,1H3. The number of rotatable bonds is 17. The van der Waals surface area contributed by atoms with Crippen molar-refractivity contribution in [3.05, 3.63) is 143 Å². The summed E-state index contributed by atoms with van der Waals surface area (Å²) in [6, 6.07) is 37.8. The Balaban J connectivity index is 1.43. The van der Waals surface area contributed by atoms with E-state index >= 15 is 0 Å². The normalized spacial score (nSPS) is 11.1. The van der Waals surface area contributed by atoms with E-state index in [1.807, 2.05) is 84.9 Å². The fourth-order valence-corrected chi connectivity index (χ4v) is 5.97. The number of ether oxygens (including phenoxy) is 2. The number of benzene rings is 4. The van der Waals surface area contributed by atoms with Gasteiger partial charge in [0.25, 0.3) is 0 Å². The summed E-state index contributed by atoms with van der Waals surface area (Å²) in [5, 5.41) is 0.552. The van der Waals surface area contributed by atoms with Crippen LogP contribution >= 0.6 is 11.6 Å². The maximum Gasteiger partial charge on any atom is 0.342 e. The zero-order valence-corrected chi connectivity index (χ0v) is 27.9. The molecule has 5 rings (SSSR count). The predicted molar refractivity (Wildman–Crippen MR) is 191 cm³/mol. The minimum absolute atomic E-state index is 0.0782. The van der Waals surface area contributed by atoms with Crippen LogP contribution in [0.5, 0.6) is 0 Å². The fraction of sp³-hybridized carbons (Fsp3) is 0.293. The van der Waals surface area contributed by atoms with Crippen LogP contribution in [0.2, 0.25) is 5.02 Å². The average molecular weight is 647 g/mol. The van der Waals surface area contributed by atoms with Gasteiger partial charge in [-0.05, 0) is 36.1 Å². The molecule has 0 saturated heterocycles. The number of nitrogens with zero attached hydrogens (tertiary/aromatic N) is 2. The molecule has 0 unspecified atom stereocenters. The SMILES string of the molecule is CCCCCCCCOCc1nc(-c2ccccc2)nc(-c2cccc(Cl)c2)c1C(=O)OCCC(c1ccccc1)c1ccccc1. The molecule has 242 valence electrons. The molecule has 0 fully saturated rings. The van der Waals surface area contributed by atoms with Gasteiger partial charge in [-0.1, -0.05) is 154 Å². The highest BCUT2D eigenvalue weighted by Gasteiger charge is 2.25. The molecule has 5 nitrogen and oxygen atoms in total. The molecule has 47 heavy (non-hydrogen) atoms. The van der Waals surface area contributed by atoms with Crippen LogP contribution in [0.25, 0.3) is 22.6 Å². The van der Waals surface area contributed by atoms with Crippen LogP contribution < -0.4 is 0 Å². The Morgan fingerprint density at radius 2 is 1.32 bits per heavy atom. The van der Waals surface area contributed by atoms with Crippen molar-refractivity contribution >= 4 is 17.6 Å². The van der Waals surface area contributed by atoms with E-state index in [2.05, 4.69) is 31.2 Å². The van der Waals surface area contributed by atoms with Gasteiger partial charge in [-0.25, -0.2) is 14.8 Å². The molecule has 0 radical (unpaired) electrons. The van der Waals surface area contributed by atoms with Gasteiger partial charge in [0.1, 0.15) is 5.56 Å². The average Bonchev–Trinajstić information content (AvgIpc) is 3.12. The summed E-state index contributed by atoms with van der Waals surface area (Å²) < 4.78 is 12.2. The topological polar surface area (TPSA) is 61.3 Å². The Bertz CT molecular complexity index is 1640. The molecule has 0 saturated carbocycles. The second kappa shape index (κ2) is 18.1. The minimum atomic E-state index is -0.474. The zero-order chi connectivity index (χ0) is 32.7. The summed E-state index contributed by atoms with van der Waals surface area (Å²) in [7, 11) is 0. The summed E-state index contributed by atoms with van der Waals surface area (Å²) in [6.07, 6.45) is 7.64. The molecular weight excluding hydrogens is 604 g/mol. The van der Waals surface area contributed by atoms with E-state index in [0.717, 1.165) is 18.4 Å². The first-order valence-corrected chi connectivity index (χ1v) is 17.1. The van der Waals surface area contributed by atoms with Crippen LogP contribution in [0.4, 0.5) is 0 Å². The van der Waals surface area contributed by atoms with Crippen molar-refractivity contribution in [3.63, 3.8) is 0 Å². The number of hydrogen-bond acceptors (Lipinski definition) is 5. The molecule has 0 N–H and O–H groups in total. The second-order valence-corrected chi connectivity index (χ2v) is 12.1. The van der Waals surface area contributed by atoms with Crippen molar-refractivity contribution in [1.29, 1.82) is 0 Å². The van der Waals surface area contributed by atoms with Gasteiger partial charge >= 0.3 is 5.97 Å². The number of carbonyl (C=O) groups excluding carboxylic acids is 1. The van der Waals surface area contributed by atoms with Crippen molar-refractivity contribution < 1.29 is 14.3 Å². The lowest BCUT2D eigenvalue weighted by molar-refractivity contribution is 0.0487. The monoisotopic (exact) mass is 646 g/mol. The largest absolute Gasteiger partial charge is 0.462 e. The van der Waals surface area contributed by atoms with Gasteiger partial charge in [-0.2, -0.15) is 0 Å². The number of carbonyl (C=O) groups is 1. The van der Waals surface area contributed by atoms with E-state index < -0.39 is 5.97 Å². The van der Waals surface area contributed by atoms with E-state index in [9.17, 15) is 4.79 Å². The molecule has 6 heteroatoms. The molecule has 1 aromatic heterocycles. The van der Waals surface area contributed by atoms with E-state index in [1.165, 1.54) is 36.8 Å². The van der Waals surface area contributed by atoms with E-state index in [4.69, 9.17) is 31.0 Å². The number of hydrogen-bond donors (Lipinski definition) is 0. The van der Waals surface area contributed by atoms with Crippen LogP contribution in [0.1, 0.15) is 85.0 Å². The summed E-state index contributed by atoms with van der Waals surface area (Å²) in [6.45, 7) is 3.21. The highest BCUT2D eigenvalue weighted by molar-refractivity contribution is 6.30. The molecule has 0 amide bonds. The van der Waals surface area contributed by atoms with E-state index in [-0.39, 0.29) is 19.1 Å². The minimum Gasteiger partial charge on any atom is -0.462 e. The quantitative estimate of drug-likeness (QED) is 0.0743. The lowest BCUT2D eigenvalue weighted by Gasteiger charge is -2.19. The predicted octanol–water partition coefficient (Wildman–Crippen LogP) is 10.7. The first kappa shape index (κ1) is 34.0. The fourth-order valence-electron chi connectivity index (χ4n) is 5.78. The number of halogens is 1. The lowest BCUT2D eigenvalue weighted by Crippen LogP contribution is -2.17. The summed E-state index contributed by atoms with van der Waals surface area (Å²) in [5.41, 5.74) is 5.21. The van der Waals surface area contributed by atoms with E-state index in [0.29, 0.717) is 46.4 Å². The molecule has 0 aliphatic heterocycles. The molecule has 1 heterocycles. The molecule has 0 aliphatic carbocycles. The Labute approximate surface area is 284 Å². The van der Waals surface area contributed by atoms with Crippen LogP contribution in [0.3, 0.4) is 0 Å². The Morgan fingerprint density at radius 1 is 0.702 bits per heavy atom. The van der Waals surface area contributed by atoms with Gasteiger partial charge in [0, 0.05) is 28.7 Å². The summed E-state index contributed by atoms with van der Waals surface area (Å²) in [5.74, 6) is 0.121. The van der Waals surface area contributed by atoms with Gasteiger partial charge in [-0.3, -0.25) is 0 Å². The Hall–Kier alpha value is -4.32. The van der Waals surface area contributed by atoms with Crippen molar-refractivity contribution in [2.45, 2.75) is 64.4 Å². The van der Waals surface area contributed by atoms with Crippen molar-refractivity contribution in [2.24, 2.45) is 0 Å². The van der Waals surface area contributed by atoms with Crippen molar-refractivity contribution in [1.82, 2.24) is 9.97 Å². The highest BCUT2D eigenvalue weighted by Crippen LogP contribution is 2.31. The van der Waals surface area contributed by atoms with Crippen molar-refractivity contribution in [3.8, 4) is 22.6 Å². The maximum atomic E-state index is 14.1. The molecule has 5 aromatic rings. The summed E-state index contributed by atoms with van der Waals surface area (Å²) >= 11 is 6.44. The third-order valence-electron chi connectivity index (χ3n) is 8.24. The molecule has 0 spiro atoms. The number of aromatic nitrogens is 2. The smallest absolute Gasteiger partial charge is 0.342 e. The number of esters is 1. The summed E-state index contributed by atoms with van der Waals surface area (Å²) in [4.78, 5) is 23.9.